The number of hydrogen-bond donors (Lipinski definition) is 1. The van der Waals surface area contributed by atoms with E-state index in [4.69, 9.17) is 6.42 Å². The summed E-state index contributed by atoms with van der Waals surface area (Å²) in [6.45, 7) is 0.413. The van der Waals surface area contributed by atoms with E-state index < -0.39 is 23.7 Å². The normalized spacial score (nSPS) is 25.6. The van der Waals surface area contributed by atoms with Gasteiger partial charge in [0.2, 0.25) is 5.54 Å². The highest BCUT2D eigenvalue weighted by Gasteiger charge is 2.64. The van der Waals surface area contributed by atoms with Crippen molar-refractivity contribution in [2.24, 2.45) is 0 Å². The van der Waals surface area contributed by atoms with Gasteiger partial charge in [0.15, 0.2) is 0 Å². The summed E-state index contributed by atoms with van der Waals surface area (Å²) in [6.07, 6.45) is 0.101. The first-order valence-corrected chi connectivity index (χ1v) is 4.38. The molecule has 7 heteroatoms. The Morgan fingerprint density at radius 2 is 2.06 bits per heavy atom. The lowest BCUT2D eigenvalue weighted by atomic mass is 10.0. The zero-order valence-corrected chi connectivity index (χ0v) is 8.39. The van der Waals surface area contributed by atoms with E-state index in [1.807, 2.05) is 0 Å². The highest BCUT2D eigenvalue weighted by Crippen LogP contribution is 2.35. The Bertz CT molecular complexity index is 372. The van der Waals surface area contributed by atoms with Gasteiger partial charge in [0.25, 0.3) is 5.91 Å². The Morgan fingerprint density at radius 3 is 2.44 bits per heavy atom. The predicted molar refractivity (Wildman–Crippen MR) is 48.2 cm³/mol. The van der Waals surface area contributed by atoms with Gasteiger partial charge >= 0.3 is 12.2 Å². The smallest absolute Gasteiger partial charge is 0.316 e. The molecular weight excluding hydrogens is 225 g/mol. The molecule has 0 aromatic heterocycles. The average Bonchev–Trinajstić information content (AvgIpc) is 2.36. The largest absolute Gasteiger partial charge is 0.420 e. The van der Waals surface area contributed by atoms with Crippen molar-refractivity contribution in [3.63, 3.8) is 0 Å². The molecule has 1 heterocycles. The van der Waals surface area contributed by atoms with Gasteiger partial charge in [-0.1, -0.05) is 0 Å². The summed E-state index contributed by atoms with van der Waals surface area (Å²) in [5.41, 5.74) is -2.85. The van der Waals surface area contributed by atoms with Gasteiger partial charge in [-0.15, -0.1) is 12.3 Å². The van der Waals surface area contributed by atoms with Crippen LogP contribution in [0.5, 0.6) is 0 Å². The fourth-order valence-electron chi connectivity index (χ4n) is 1.27. The molecule has 0 aliphatic carbocycles. The summed E-state index contributed by atoms with van der Waals surface area (Å²) in [5.74, 6) is 0.827. The highest BCUT2D eigenvalue weighted by atomic mass is 19.4. The van der Waals surface area contributed by atoms with Crippen LogP contribution in [0.4, 0.5) is 18.0 Å². The van der Waals surface area contributed by atoms with Crippen molar-refractivity contribution < 1.29 is 22.8 Å². The molecule has 3 amide bonds. The van der Waals surface area contributed by atoms with Crippen LogP contribution in [-0.4, -0.2) is 35.1 Å². The fourth-order valence-corrected chi connectivity index (χ4v) is 1.27. The van der Waals surface area contributed by atoms with E-state index in [-0.39, 0.29) is 13.0 Å². The van der Waals surface area contributed by atoms with E-state index in [2.05, 4.69) is 5.92 Å². The molecule has 0 saturated carbocycles. The van der Waals surface area contributed by atoms with Gasteiger partial charge < -0.3 is 5.32 Å². The van der Waals surface area contributed by atoms with Crippen molar-refractivity contribution in [1.82, 2.24) is 10.2 Å². The highest BCUT2D eigenvalue weighted by molar-refractivity contribution is 6.07. The van der Waals surface area contributed by atoms with E-state index in [1.165, 1.54) is 0 Å². The van der Waals surface area contributed by atoms with Crippen LogP contribution in [0.1, 0.15) is 13.3 Å². The predicted octanol–water partition coefficient (Wildman–Crippen LogP) is 0.883. The van der Waals surface area contributed by atoms with Crippen LogP contribution in [0.2, 0.25) is 0 Å². The van der Waals surface area contributed by atoms with Crippen LogP contribution in [0.3, 0.4) is 0 Å². The quantitative estimate of drug-likeness (QED) is 0.569. The Balaban J connectivity index is 2.95. The summed E-state index contributed by atoms with van der Waals surface area (Å²) < 4.78 is 37.7. The third-order valence-corrected chi connectivity index (χ3v) is 2.32. The van der Waals surface area contributed by atoms with E-state index in [1.54, 1.807) is 5.32 Å². The van der Waals surface area contributed by atoms with E-state index in [0.717, 1.165) is 0 Å². The number of halogens is 3. The Kier molecular flexibility index (Phi) is 2.86. The first-order valence-electron chi connectivity index (χ1n) is 4.38. The minimum Gasteiger partial charge on any atom is -0.316 e. The van der Waals surface area contributed by atoms with Crippen LogP contribution in [-0.2, 0) is 4.79 Å². The maximum atomic E-state index is 12.6. The third kappa shape index (κ3) is 1.71. The van der Waals surface area contributed by atoms with Crippen LogP contribution in [0.25, 0.3) is 0 Å². The number of alkyl halides is 3. The molecule has 0 spiro atoms. The summed E-state index contributed by atoms with van der Waals surface area (Å²) in [5, 5.41) is 1.62. The lowest BCUT2D eigenvalue weighted by Crippen LogP contribution is -2.56. The summed E-state index contributed by atoms with van der Waals surface area (Å²) in [6, 6.07) is -1.07. The molecule has 0 bridgehead atoms. The number of amides is 3. The lowest BCUT2D eigenvalue weighted by Gasteiger charge is -2.24. The molecule has 88 valence electrons. The molecule has 16 heavy (non-hydrogen) atoms. The maximum Gasteiger partial charge on any atom is 0.420 e. The first-order chi connectivity index (χ1) is 7.24. The van der Waals surface area contributed by atoms with E-state index in [0.29, 0.717) is 11.8 Å². The molecule has 1 fully saturated rings. The van der Waals surface area contributed by atoms with Crippen LogP contribution >= 0.6 is 0 Å². The molecule has 0 aromatic carbocycles. The minimum atomic E-state index is -4.83. The number of nitrogens with one attached hydrogen (secondary N) is 1. The van der Waals surface area contributed by atoms with Crippen molar-refractivity contribution in [3.05, 3.63) is 0 Å². The maximum absolute atomic E-state index is 12.6. The summed E-state index contributed by atoms with van der Waals surface area (Å²) in [4.78, 5) is 23.1. The van der Waals surface area contributed by atoms with Crippen molar-refractivity contribution in [2.75, 3.05) is 6.54 Å². The van der Waals surface area contributed by atoms with Crippen molar-refractivity contribution >= 4 is 11.9 Å². The van der Waals surface area contributed by atoms with Gasteiger partial charge in [0.05, 0.1) is 0 Å². The number of nitrogens with zero attached hydrogens (tertiary/aromatic N) is 1. The molecule has 1 rings (SSSR count). The Labute approximate surface area is 89.8 Å². The molecule has 0 radical (unpaired) electrons. The lowest BCUT2D eigenvalue weighted by molar-refractivity contribution is -0.191. The second kappa shape index (κ2) is 3.70. The van der Waals surface area contributed by atoms with Gasteiger partial charge in [-0.2, -0.15) is 13.2 Å². The van der Waals surface area contributed by atoms with Crippen LogP contribution < -0.4 is 5.32 Å². The fraction of sp³-hybridized carbons (Fsp3) is 0.556. The van der Waals surface area contributed by atoms with Gasteiger partial charge in [0.1, 0.15) is 0 Å². The molecule has 1 saturated heterocycles. The molecule has 4 nitrogen and oxygen atoms in total. The second-order valence-electron chi connectivity index (χ2n) is 3.46. The zero-order valence-electron chi connectivity index (χ0n) is 8.39. The minimum absolute atomic E-state index is 0.0209. The van der Waals surface area contributed by atoms with Gasteiger partial charge in [-0.25, -0.2) is 4.79 Å². The standard InChI is InChI=1S/C9H9F3N2O2/c1-3-4-5-14-6(15)8(2,9(10,11)12)13-7(14)16/h1H,4-5H2,2H3,(H,13,16). The summed E-state index contributed by atoms with van der Waals surface area (Å²) >= 11 is 0. The van der Waals surface area contributed by atoms with Gasteiger partial charge in [0, 0.05) is 13.0 Å². The number of hydrogen-bond acceptors (Lipinski definition) is 2. The number of urea groups is 1. The third-order valence-electron chi connectivity index (χ3n) is 2.32. The number of carbonyl (C=O) groups is 2. The van der Waals surface area contributed by atoms with Crippen molar-refractivity contribution in [1.29, 1.82) is 0 Å². The first kappa shape index (κ1) is 12.4. The number of terminal acetylenes is 1. The van der Waals surface area contributed by atoms with Crippen molar-refractivity contribution in [2.45, 2.75) is 25.1 Å². The number of rotatable bonds is 2. The van der Waals surface area contributed by atoms with Gasteiger partial charge in [-0.05, 0) is 6.92 Å². The van der Waals surface area contributed by atoms with E-state index >= 15 is 0 Å². The van der Waals surface area contributed by atoms with Crippen molar-refractivity contribution in [3.8, 4) is 12.3 Å². The Morgan fingerprint density at radius 1 is 1.50 bits per heavy atom. The Hall–Kier alpha value is -1.71. The average molecular weight is 234 g/mol. The molecule has 1 N–H and O–H groups in total. The van der Waals surface area contributed by atoms with E-state index in [9.17, 15) is 22.8 Å². The topological polar surface area (TPSA) is 49.4 Å². The molecular formula is C9H9F3N2O2. The SMILES string of the molecule is C#CCCN1C(=O)NC(C)(C(F)(F)F)C1=O. The molecule has 0 aromatic rings. The number of carbonyl (C=O) groups excluding carboxylic acids is 2. The monoisotopic (exact) mass is 234 g/mol. The number of imide groups is 1. The molecule has 1 aliphatic rings. The van der Waals surface area contributed by atoms with Gasteiger partial charge in [-0.3, -0.25) is 9.69 Å². The van der Waals surface area contributed by atoms with Crippen LogP contribution in [0.15, 0.2) is 0 Å². The molecule has 1 atom stereocenters. The molecule has 1 unspecified atom stereocenters. The summed E-state index contributed by atoms with van der Waals surface area (Å²) in [7, 11) is 0. The van der Waals surface area contributed by atoms with Crippen LogP contribution in [0, 0.1) is 12.3 Å². The zero-order chi connectivity index (χ0) is 12.6. The molecule has 1 aliphatic heterocycles. The second-order valence-corrected chi connectivity index (χ2v) is 3.46.